The van der Waals surface area contributed by atoms with Crippen LogP contribution in [0.25, 0.3) is 0 Å². The second-order valence-electron chi connectivity index (χ2n) is 10.1. The third kappa shape index (κ3) is 7.97. The molecule has 0 aliphatic heterocycles. The van der Waals surface area contributed by atoms with Crippen LogP contribution in [-0.4, -0.2) is 50.4 Å². The lowest BCUT2D eigenvalue weighted by molar-refractivity contribution is -0.140. The van der Waals surface area contributed by atoms with Crippen molar-refractivity contribution in [3.8, 4) is 5.75 Å². The number of hydrogen-bond acceptors (Lipinski definition) is 5. The second kappa shape index (κ2) is 12.5. The standard InChI is InChI=1S/C29H34ClN3O5S/c1-21(28(35)31-29(2,3)4)32(19-22-11-15-25(38-5)16-12-22)27(34)20-33(24-9-7-6-8-10-24)39(36,37)26-17-13-23(30)14-18-26/h6-18,21H,19-20H2,1-5H3,(H,31,35). The van der Waals surface area contributed by atoms with Crippen LogP contribution in [0.5, 0.6) is 5.75 Å². The summed E-state index contributed by atoms with van der Waals surface area (Å²) in [4.78, 5) is 28.4. The number of ether oxygens (including phenoxy) is 1. The number of benzene rings is 3. The van der Waals surface area contributed by atoms with E-state index in [4.69, 9.17) is 16.3 Å². The van der Waals surface area contributed by atoms with Gasteiger partial charge >= 0.3 is 0 Å². The highest BCUT2D eigenvalue weighted by Crippen LogP contribution is 2.25. The Labute approximate surface area is 235 Å². The molecule has 0 radical (unpaired) electrons. The third-order valence-electron chi connectivity index (χ3n) is 5.90. The molecule has 2 amide bonds. The number of halogens is 1. The van der Waals surface area contributed by atoms with Crippen LogP contribution >= 0.6 is 11.6 Å². The largest absolute Gasteiger partial charge is 0.497 e. The smallest absolute Gasteiger partial charge is 0.264 e. The molecule has 0 bridgehead atoms. The first kappa shape index (κ1) is 30.0. The van der Waals surface area contributed by atoms with Crippen molar-refractivity contribution in [2.75, 3.05) is 18.0 Å². The zero-order valence-electron chi connectivity index (χ0n) is 22.7. The zero-order valence-corrected chi connectivity index (χ0v) is 24.3. The van der Waals surface area contributed by atoms with Gasteiger partial charge in [-0.05, 0) is 81.8 Å². The number of nitrogens with zero attached hydrogens (tertiary/aromatic N) is 2. The summed E-state index contributed by atoms with van der Waals surface area (Å²) in [5, 5.41) is 3.30. The molecule has 1 atom stereocenters. The Bertz CT molecular complexity index is 1370. The van der Waals surface area contributed by atoms with Crippen molar-refractivity contribution in [2.24, 2.45) is 0 Å². The second-order valence-corrected chi connectivity index (χ2v) is 12.4. The molecular weight excluding hydrogens is 538 g/mol. The SMILES string of the molecule is COc1ccc(CN(C(=O)CN(c2ccccc2)S(=O)(=O)c2ccc(Cl)cc2)C(C)C(=O)NC(C)(C)C)cc1. The zero-order chi connectivity index (χ0) is 28.8. The molecule has 39 heavy (non-hydrogen) atoms. The highest BCUT2D eigenvalue weighted by Gasteiger charge is 2.33. The highest BCUT2D eigenvalue weighted by molar-refractivity contribution is 7.92. The molecule has 10 heteroatoms. The predicted molar refractivity (Wildman–Crippen MR) is 153 cm³/mol. The van der Waals surface area contributed by atoms with Gasteiger partial charge in [-0.2, -0.15) is 0 Å². The molecule has 0 aromatic heterocycles. The van der Waals surface area contributed by atoms with E-state index in [0.717, 1.165) is 9.87 Å². The summed E-state index contributed by atoms with van der Waals surface area (Å²) in [6.07, 6.45) is 0. The van der Waals surface area contributed by atoms with Crippen molar-refractivity contribution in [2.45, 2.75) is 50.7 Å². The van der Waals surface area contributed by atoms with Crippen molar-refractivity contribution in [3.63, 3.8) is 0 Å². The number of sulfonamides is 1. The van der Waals surface area contributed by atoms with Crippen LogP contribution in [0.1, 0.15) is 33.3 Å². The van der Waals surface area contributed by atoms with E-state index in [9.17, 15) is 18.0 Å². The maximum Gasteiger partial charge on any atom is 0.264 e. The summed E-state index contributed by atoms with van der Waals surface area (Å²) in [5.41, 5.74) is 0.553. The number of hydrogen-bond donors (Lipinski definition) is 1. The molecule has 0 saturated carbocycles. The van der Waals surface area contributed by atoms with E-state index in [1.807, 2.05) is 20.8 Å². The number of rotatable bonds is 10. The molecule has 0 aliphatic carbocycles. The Morgan fingerprint density at radius 3 is 2.08 bits per heavy atom. The van der Waals surface area contributed by atoms with Crippen LogP contribution in [-0.2, 0) is 26.2 Å². The quantitative estimate of drug-likeness (QED) is 0.374. The van der Waals surface area contributed by atoms with Crippen LogP contribution < -0.4 is 14.4 Å². The monoisotopic (exact) mass is 571 g/mol. The van der Waals surface area contributed by atoms with Crippen LogP contribution in [0, 0.1) is 0 Å². The first-order valence-electron chi connectivity index (χ1n) is 12.4. The number of methoxy groups -OCH3 is 1. The van der Waals surface area contributed by atoms with Crippen molar-refractivity contribution in [3.05, 3.63) is 89.4 Å². The van der Waals surface area contributed by atoms with Gasteiger partial charge < -0.3 is 15.0 Å². The molecule has 0 saturated heterocycles. The molecule has 3 aromatic rings. The van der Waals surface area contributed by atoms with Crippen LogP contribution in [0.3, 0.4) is 0 Å². The van der Waals surface area contributed by atoms with E-state index >= 15 is 0 Å². The summed E-state index contributed by atoms with van der Waals surface area (Å²) in [5.74, 6) is -0.237. The van der Waals surface area contributed by atoms with Crippen LogP contribution in [0.2, 0.25) is 5.02 Å². The average molecular weight is 572 g/mol. The summed E-state index contributed by atoms with van der Waals surface area (Å²) in [7, 11) is -2.59. The number of amides is 2. The van der Waals surface area contributed by atoms with E-state index in [-0.39, 0.29) is 17.3 Å². The van der Waals surface area contributed by atoms with E-state index in [1.54, 1.807) is 68.6 Å². The van der Waals surface area contributed by atoms with Crippen LogP contribution in [0.15, 0.2) is 83.8 Å². The minimum atomic E-state index is -4.15. The van der Waals surface area contributed by atoms with Crippen molar-refractivity contribution < 1.29 is 22.7 Å². The number of carbonyl (C=O) groups excluding carboxylic acids is 2. The molecule has 3 aromatic carbocycles. The minimum Gasteiger partial charge on any atom is -0.497 e. The molecule has 1 unspecified atom stereocenters. The Morgan fingerprint density at radius 2 is 1.54 bits per heavy atom. The molecule has 0 spiro atoms. The number of para-hydroxylation sites is 1. The van der Waals surface area contributed by atoms with E-state index in [1.165, 1.54) is 29.2 Å². The molecular formula is C29H34ClN3O5S. The maximum atomic E-state index is 13.9. The van der Waals surface area contributed by atoms with Gasteiger partial charge in [0, 0.05) is 17.1 Å². The van der Waals surface area contributed by atoms with Crippen molar-refractivity contribution in [1.29, 1.82) is 0 Å². The first-order chi connectivity index (χ1) is 18.3. The third-order valence-corrected chi connectivity index (χ3v) is 7.94. The van der Waals surface area contributed by atoms with Crippen LogP contribution in [0.4, 0.5) is 5.69 Å². The molecule has 0 aliphatic rings. The Morgan fingerprint density at radius 1 is 0.949 bits per heavy atom. The molecule has 208 valence electrons. The number of anilines is 1. The van der Waals surface area contributed by atoms with Gasteiger partial charge in [0.2, 0.25) is 11.8 Å². The fraction of sp³-hybridized carbons (Fsp3) is 0.310. The highest BCUT2D eigenvalue weighted by atomic mass is 35.5. The Balaban J connectivity index is 2.00. The van der Waals surface area contributed by atoms with Crippen molar-refractivity contribution >= 4 is 39.1 Å². The lowest BCUT2D eigenvalue weighted by Crippen LogP contribution is -2.54. The summed E-state index contributed by atoms with van der Waals surface area (Å²) < 4.78 is 33.8. The van der Waals surface area contributed by atoms with Gasteiger partial charge in [0.05, 0.1) is 17.7 Å². The fourth-order valence-electron chi connectivity index (χ4n) is 3.84. The van der Waals surface area contributed by atoms with Gasteiger partial charge in [-0.1, -0.05) is 41.9 Å². The van der Waals surface area contributed by atoms with Gasteiger partial charge in [0.15, 0.2) is 0 Å². The van der Waals surface area contributed by atoms with E-state index in [0.29, 0.717) is 16.5 Å². The fourth-order valence-corrected chi connectivity index (χ4v) is 5.38. The first-order valence-corrected chi connectivity index (χ1v) is 14.2. The van der Waals surface area contributed by atoms with Gasteiger partial charge in [-0.3, -0.25) is 13.9 Å². The van der Waals surface area contributed by atoms with Gasteiger partial charge in [-0.15, -0.1) is 0 Å². The summed E-state index contributed by atoms with van der Waals surface area (Å²) >= 11 is 5.98. The Kier molecular flexibility index (Phi) is 9.63. The Hall–Kier alpha value is -3.56. The average Bonchev–Trinajstić information content (AvgIpc) is 2.90. The van der Waals surface area contributed by atoms with Gasteiger partial charge in [-0.25, -0.2) is 8.42 Å². The molecule has 8 nitrogen and oxygen atoms in total. The summed E-state index contributed by atoms with van der Waals surface area (Å²) in [6.45, 7) is 6.75. The lowest BCUT2D eigenvalue weighted by atomic mass is 10.1. The van der Waals surface area contributed by atoms with Gasteiger partial charge in [0.1, 0.15) is 18.3 Å². The minimum absolute atomic E-state index is 0.0104. The lowest BCUT2D eigenvalue weighted by Gasteiger charge is -2.33. The topological polar surface area (TPSA) is 96.0 Å². The number of carbonyl (C=O) groups is 2. The summed E-state index contributed by atoms with van der Waals surface area (Å²) in [6, 6.07) is 20.4. The normalized spacial score (nSPS) is 12.4. The van der Waals surface area contributed by atoms with Crippen molar-refractivity contribution in [1.82, 2.24) is 10.2 Å². The van der Waals surface area contributed by atoms with E-state index in [2.05, 4.69) is 5.32 Å². The molecule has 0 heterocycles. The molecule has 1 N–H and O–H groups in total. The molecule has 0 fully saturated rings. The molecule has 3 rings (SSSR count). The maximum absolute atomic E-state index is 13.9. The number of nitrogens with one attached hydrogen (secondary N) is 1. The van der Waals surface area contributed by atoms with E-state index < -0.39 is 34.1 Å². The predicted octanol–water partition coefficient (Wildman–Crippen LogP) is 4.88. The van der Waals surface area contributed by atoms with Gasteiger partial charge in [0.25, 0.3) is 10.0 Å².